The van der Waals surface area contributed by atoms with Gasteiger partial charge in [0.15, 0.2) is 0 Å². The second-order valence-corrected chi connectivity index (χ2v) is 7.18. The molecule has 0 radical (unpaired) electrons. The molecule has 3 aromatic carbocycles. The number of hydrogen-bond acceptors (Lipinski definition) is 3. The topological polar surface area (TPSA) is 66.5 Å². The highest BCUT2D eigenvalue weighted by Gasteiger charge is 2.42. The quantitative estimate of drug-likeness (QED) is 0.657. The van der Waals surface area contributed by atoms with Crippen molar-refractivity contribution in [2.75, 3.05) is 5.32 Å². The molecule has 6 heteroatoms. The minimum atomic E-state index is -1.08. The predicted molar refractivity (Wildman–Crippen MR) is 111 cm³/mol. The van der Waals surface area contributed by atoms with Crippen LogP contribution in [0, 0.1) is 12.7 Å². The fourth-order valence-corrected chi connectivity index (χ4v) is 3.57. The van der Waals surface area contributed by atoms with Crippen molar-refractivity contribution >= 4 is 23.4 Å². The summed E-state index contributed by atoms with van der Waals surface area (Å²) in [5, 5.41) is 2.69. The van der Waals surface area contributed by atoms with Crippen LogP contribution in [0.15, 0.2) is 72.8 Å². The number of amides is 3. The molecule has 0 saturated heterocycles. The molecule has 4 rings (SSSR count). The van der Waals surface area contributed by atoms with Crippen LogP contribution in [0.4, 0.5) is 10.1 Å². The summed E-state index contributed by atoms with van der Waals surface area (Å²) in [7, 11) is 0. The van der Waals surface area contributed by atoms with Crippen molar-refractivity contribution in [1.29, 1.82) is 0 Å². The summed E-state index contributed by atoms with van der Waals surface area (Å²) < 4.78 is 13.7. The number of carbonyl (C=O) groups excluding carboxylic acids is 3. The van der Waals surface area contributed by atoms with Crippen LogP contribution < -0.4 is 5.32 Å². The lowest BCUT2D eigenvalue weighted by Crippen LogP contribution is -2.48. The number of nitrogens with one attached hydrogen (secondary N) is 1. The maximum Gasteiger partial charge on any atom is 0.262 e. The number of imide groups is 1. The molecule has 5 nitrogen and oxygen atoms in total. The Kier molecular flexibility index (Phi) is 5.14. The van der Waals surface area contributed by atoms with Gasteiger partial charge in [0.1, 0.15) is 11.9 Å². The zero-order valence-corrected chi connectivity index (χ0v) is 16.3. The lowest BCUT2D eigenvalue weighted by molar-refractivity contribution is -0.119. The minimum Gasteiger partial charge on any atom is -0.324 e. The van der Waals surface area contributed by atoms with E-state index in [2.05, 4.69) is 5.32 Å². The first kappa shape index (κ1) is 19.5. The van der Waals surface area contributed by atoms with Gasteiger partial charge in [0.05, 0.1) is 11.1 Å². The van der Waals surface area contributed by atoms with Crippen LogP contribution in [-0.4, -0.2) is 28.7 Å². The summed E-state index contributed by atoms with van der Waals surface area (Å²) in [5.41, 5.74) is 2.32. The molecule has 0 bridgehead atoms. The lowest BCUT2D eigenvalue weighted by Gasteiger charge is -2.26. The third kappa shape index (κ3) is 3.59. The van der Waals surface area contributed by atoms with Crippen molar-refractivity contribution in [3.05, 3.63) is 101 Å². The van der Waals surface area contributed by atoms with Crippen LogP contribution >= 0.6 is 0 Å². The number of anilines is 1. The van der Waals surface area contributed by atoms with Crippen LogP contribution in [0.2, 0.25) is 0 Å². The standard InChI is InChI=1S/C24H19FN2O3/c1-15-11-12-17(25)14-20(15)26-22(28)21(13-16-7-3-2-4-8-16)27-23(29)18-9-5-6-10-19(18)24(27)30/h2-12,14,21H,13H2,1H3,(H,26,28)/t21-/m0/s1. The van der Waals surface area contributed by atoms with Gasteiger partial charge in [0.25, 0.3) is 11.8 Å². The maximum atomic E-state index is 13.7. The Morgan fingerprint density at radius 3 is 2.17 bits per heavy atom. The Morgan fingerprint density at radius 1 is 0.933 bits per heavy atom. The van der Waals surface area contributed by atoms with E-state index in [0.29, 0.717) is 11.3 Å². The van der Waals surface area contributed by atoms with Crippen molar-refractivity contribution in [2.45, 2.75) is 19.4 Å². The number of nitrogens with zero attached hydrogens (tertiary/aromatic N) is 1. The van der Waals surface area contributed by atoms with Gasteiger partial charge in [0.2, 0.25) is 5.91 Å². The van der Waals surface area contributed by atoms with Crippen molar-refractivity contribution in [1.82, 2.24) is 4.90 Å². The highest BCUT2D eigenvalue weighted by atomic mass is 19.1. The average Bonchev–Trinajstić information content (AvgIpc) is 3.00. The van der Waals surface area contributed by atoms with Crippen LogP contribution in [0.1, 0.15) is 31.8 Å². The Bertz CT molecular complexity index is 1110. The van der Waals surface area contributed by atoms with Crippen molar-refractivity contribution in [2.24, 2.45) is 0 Å². The molecule has 0 fully saturated rings. The summed E-state index contributed by atoms with van der Waals surface area (Å²) in [6.07, 6.45) is 0.145. The first-order valence-corrected chi connectivity index (χ1v) is 9.53. The van der Waals surface area contributed by atoms with Crippen LogP contribution in [-0.2, 0) is 11.2 Å². The summed E-state index contributed by atoms with van der Waals surface area (Å²) in [6, 6.07) is 18.6. The van der Waals surface area contributed by atoms with Crippen LogP contribution in [0.5, 0.6) is 0 Å². The molecule has 150 valence electrons. The Hall–Kier alpha value is -3.80. The first-order valence-electron chi connectivity index (χ1n) is 9.53. The Labute approximate surface area is 173 Å². The third-order valence-electron chi connectivity index (χ3n) is 5.17. The van der Waals surface area contributed by atoms with E-state index < -0.39 is 29.6 Å². The van der Waals surface area contributed by atoms with Crippen molar-refractivity contribution < 1.29 is 18.8 Å². The van der Waals surface area contributed by atoms with Gasteiger partial charge in [-0.05, 0) is 42.3 Å². The van der Waals surface area contributed by atoms with E-state index >= 15 is 0 Å². The van der Waals surface area contributed by atoms with Gasteiger partial charge < -0.3 is 5.32 Å². The first-order chi connectivity index (χ1) is 14.5. The molecule has 3 amide bonds. The number of benzene rings is 3. The fourth-order valence-electron chi connectivity index (χ4n) is 3.57. The smallest absolute Gasteiger partial charge is 0.262 e. The number of fused-ring (bicyclic) bond motifs is 1. The normalized spacial score (nSPS) is 13.9. The number of rotatable bonds is 5. The van der Waals surface area contributed by atoms with Gasteiger partial charge in [-0.25, -0.2) is 4.39 Å². The number of halogens is 1. The molecule has 1 N–H and O–H groups in total. The molecule has 1 atom stereocenters. The summed E-state index contributed by atoms with van der Waals surface area (Å²) >= 11 is 0. The molecule has 30 heavy (non-hydrogen) atoms. The molecule has 1 aliphatic heterocycles. The SMILES string of the molecule is Cc1ccc(F)cc1NC(=O)[C@H](Cc1ccccc1)N1C(=O)c2ccccc2C1=O. The van der Waals surface area contributed by atoms with E-state index in [1.165, 1.54) is 12.1 Å². The van der Waals surface area contributed by atoms with E-state index in [9.17, 15) is 18.8 Å². The second kappa shape index (κ2) is 7.91. The largest absolute Gasteiger partial charge is 0.324 e. The summed E-state index contributed by atoms with van der Waals surface area (Å²) in [4.78, 5) is 40.2. The monoisotopic (exact) mass is 402 g/mol. The summed E-state index contributed by atoms with van der Waals surface area (Å²) in [6.45, 7) is 1.74. The van der Waals surface area contributed by atoms with Crippen molar-refractivity contribution in [3.63, 3.8) is 0 Å². The van der Waals surface area contributed by atoms with Gasteiger partial charge in [-0.3, -0.25) is 19.3 Å². The van der Waals surface area contributed by atoms with Gasteiger partial charge in [-0.1, -0.05) is 48.5 Å². The predicted octanol–water partition coefficient (Wildman–Crippen LogP) is 3.98. The summed E-state index contributed by atoms with van der Waals surface area (Å²) in [5.74, 6) is -2.07. The van der Waals surface area contributed by atoms with E-state index in [0.717, 1.165) is 10.5 Å². The molecular formula is C24H19FN2O3. The molecule has 0 spiro atoms. The number of hydrogen-bond donors (Lipinski definition) is 1. The van der Waals surface area contributed by atoms with Crippen LogP contribution in [0.3, 0.4) is 0 Å². The molecule has 3 aromatic rings. The zero-order valence-electron chi connectivity index (χ0n) is 16.3. The fraction of sp³-hybridized carbons (Fsp3) is 0.125. The lowest BCUT2D eigenvalue weighted by atomic mass is 10.0. The molecule has 0 unspecified atom stereocenters. The second-order valence-electron chi connectivity index (χ2n) is 7.18. The van der Waals surface area contributed by atoms with E-state index in [1.807, 2.05) is 30.3 Å². The molecular weight excluding hydrogens is 383 g/mol. The molecule has 0 aliphatic carbocycles. The highest BCUT2D eigenvalue weighted by Crippen LogP contribution is 2.27. The molecule has 1 aliphatic rings. The van der Waals surface area contributed by atoms with Gasteiger partial charge in [0, 0.05) is 12.1 Å². The van der Waals surface area contributed by atoms with Gasteiger partial charge in [-0.2, -0.15) is 0 Å². The van der Waals surface area contributed by atoms with E-state index in [1.54, 1.807) is 37.3 Å². The third-order valence-corrected chi connectivity index (χ3v) is 5.17. The van der Waals surface area contributed by atoms with Crippen LogP contribution in [0.25, 0.3) is 0 Å². The van der Waals surface area contributed by atoms with E-state index in [-0.39, 0.29) is 17.5 Å². The maximum absolute atomic E-state index is 13.7. The van der Waals surface area contributed by atoms with Gasteiger partial charge >= 0.3 is 0 Å². The van der Waals surface area contributed by atoms with Gasteiger partial charge in [-0.15, -0.1) is 0 Å². The minimum absolute atomic E-state index is 0.145. The average molecular weight is 402 g/mol. The highest BCUT2D eigenvalue weighted by molar-refractivity contribution is 6.23. The van der Waals surface area contributed by atoms with Crippen molar-refractivity contribution in [3.8, 4) is 0 Å². The molecule has 1 heterocycles. The Morgan fingerprint density at radius 2 is 1.53 bits per heavy atom. The molecule has 0 saturated carbocycles. The molecule has 0 aromatic heterocycles. The number of carbonyl (C=O) groups is 3. The number of aryl methyl sites for hydroxylation is 1. The van der Waals surface area contributed by atoms with E-state index in [4.69, 9.17) is 0 Å². The Balaban J connectivity index is 1.70. The zero-order chi connectivity index (χ0) is 21.3.